The van der Waals surface area contributed by atoms with Gasteiger partial charge in [-0.15, -0.1) is 0 Å². The lowest BCUT2D eigenvalue weighted by molar-refractivity contribution is -0.394. The summed E-state index contributed by atoms with van der Waals surface area (Å²) in [4.78, 5) is 32.3. The predicted molar refractivity (Wildman–Crippen MR) is 94.9 cm³/mol. The van der Waals surface area contributed by atoms with Crippen molar-refractivity contribution < 1.29 is 14.6 Å². The summed E-state index contributed by atoms with van der Waals surface area (Å²) < 4.78 is 0. The van der Waals surface area contributed by atoms with Gasteiger partial charge >= 0.3 is 0 Å². The number of rotatable bonds is 7. The molecule has 0 spiro atoms. The number of benzene rings is 2. The van der Waals surface area contributed by atoms with Crippen molar-refractivity contribution in [1.29, 1.82) is 0 Å². The Balaban J connectivity index is 2.04. The molecule has 0 bridgehead atoms. The Labute approximate surface area is 148 Å². The highest BCUT2D eigenvalue weighted by Crippen LogP contribution is 2.24. The Morgan fingerprint density at radius 2 is 1.73 bits per heavy atom. The number of carbonyl (C=O) groups excluding carboxylic acids is 1. The van der Waals surface area contributed by atoms with Gasteiger partial charge in [-0.2, -0.15) is 5.10 Å². The highest BCUT2D eigenvalue weighted by Gasteiger charge is 2.21. The van der Waals surface area contributed by atoms with Gasteiger partial charge < -0.3 is 0 Å². The first-order chi connectivity index (χ1) is 12.4. The molecule has 0 aliphatic carbocycles. The summed E-state index contributed by atoms with van der Waals surface area (Å²) in [5.41, 5.74) is 3.25. The molecule has 1 N–H and O–H groups in total. The van der Waals surface area contributed by atoms with E-state index in [-0.39, 0.29) is 12.0 Å². The van der Waals surface area contributed by atoms with E-state index in [0.717, 1.165) is 17.7 Å². The maximum absolute atomic E-state index is 12.0. The molecule has 2 aromatic carbocycles. The zero-order valence-electron chi connectivity index (χ0n) is 13.9. The van der Waals surface area contributed by atoms with E-state index in [4.69, 9.17) is 0 Å². The first kappa shape index (κ1) is 18.7. The van der Waals surface area contributed by atoms with E-state index in [1.165, 1.54) is 6.07 Å². The Kier molecular flexibility index (Phi) is 6.10. The molecule has 2 rings (SSSR count). The van der Waals surface area contributed by atoms with Crippen LogP contribution in [0.5, 0.6) is 0 Å². The second-order valence-corrected chi connectivity index (χ2v) is 5.55. The molecule has 0 aliphatic heterocycles. The number of nitro benzene ring substituents is 2. The predicted octanol–water partition coefficient (Wildman–Crippen LogP) is 2.78. The van der Waals surface area contributed by atoms with Crippen molar-refractivity contribution in [2.45, 2.75) is 19.8 Å². The third-order valence-electron chi connectivity index (χ3n) is 3.50. The second kappa shape index (κ2) is 8.47. The Hall–Kier alpha value is -3.62. The molecule has 0 aliphatic rings. The fourth-order valence-electron chi connectivity index (χ4n) is 2.29. The van der Waals surface area contributed by atoms with Gasteiger partial charge in [-0.25, -0.2) is 5.43 Å². The fraction of sp³-hybridized carbons (Fsp3) is 0.176. The maximum atomic E-state index is 12.0. The van der Waals surface area contributed by atoms with Crippen LogP contribution < -0.4 is 5.43 Å². The van der Waals surface area contributed by atoms with Crippen molar-refractivity contribution in [3.8, 4) is 0 Å². The molecule has 1 amide bonds. The van der Waals surface area contributed by atoms with Crippen LogP contribution in [-0.2, 0) is 17.6 Å². The minimum atomic E-state index is -0.750. The number of nitrogens with one attached hydrogen (secondary N) is 1. The SMILES string of the molecule is C/C(Cc1ccccc1)=N/NC(=O)Cc1ccc([N+](=O)[O-])cc1[N+](=O)[O-]. The van der Waals surface area contributed by atoms with E-state index in [2.05, 4.69) is 10.5 Å². The number of amides is 1. The topological polar surface area (TPSA) is 128 Å². The average Bonchev–Trinajstić information content (AvgIpc) is 2.61. The number of hydrazone groups is 1. The van der Waals surface area contributed by atoms with Crippen LogP contribution in [0.2, 0.25) is 0 Å². The van der Waals surface area contributed by atoms with Gasteiger partial charge in [0.2, 0.25) is 5.91 Å². The Morgan fingerprint density at radius 3 is 2.35 bits per heavy atom. The van der Waals surface area contributed by atoms with Gasteiger partial charge in [-0.3, -0.25) is 25.0 Å². The van der Waals surface area contributed by atoms with Gasteiger partial charge in [0.15, 0.2) is 0 Å². The van der Waals surface area contributed by atoms with Crippen molar-refractivity contribution in [1.82, 2.24) is 5.43 Å². The molecule has 0 saturated heterocycles. The Morgan fingerprint density at radius 1 is 1.04 bits per heavy atom. The van der Waals surface area contributed by atoms with Crippen LogP contribution >= 0.6 is 0 Å². The van der Waals surface area contributed by atoms with E-state index in [1.54, 1.807) is 6.92 Å². The number of nitro groups is 2. The molecule has 0 fully saturated rings. The van der Waals surface area contributed by atoms with Gasteiger partial charge in [-0.1, -0.05) is 30.3 Å². The number of hydrogen-bond acceptors (Lipinski definition) is 6. The molecule has 0 radical (unpaired) electrons. The number of carbonyl (C=O) groups is 1. The number of nitrogens with zero attached hydrogens (tertiary/aromatic N) is 3. The van der Waals surface area contributed by atoms with Crippen molar-refractivity contribution in [3.63, 3.8) is 0 Å². The molecule has 9 heteroatoms. The van der Waals surface area contributed by atoms with Gasteiger partial charge in [0.1, 0.15) is 0 Å². The molecular weight excluding hydrogens is 340 g/mol. The summed E-state index contributed by atoms with van der Waals surface area (Å²) in [6, 6.07) is 12.7. The normalized spacial score (nSPS) is 11.0. The quantitative estimate of drug-likeness (QED) is 0.463. The van der Waals surface area contributed by atoms with Crippen LogP contribution in [0.25, 0.3) is 0 Å². The van der Waals surface area contributed by atoms with E-state index in [1.807, 2.05) is 30.3 Å². The molecule has 0 heterocycles. The lowest BCUT2D eigenvalue weighted by Crippen LogP contribution is -2.22. The molecule has 0 unspecified atom stereocenters. The molecule has 26 heavy (non-hydrogen) atoms. The van der Waals surface area contributed by atoms with Crippen LogP contribution in [0.3, 0.4) is 0 Å². The summed E-state index contributed by atoms with van der Waals surface area (Å²) >= 11 is 0. The number of hydrogen-bond donors (Lipinski definition) is 1. The molecule has 9 nitrogen and oxygen atoms in total. The van der Waals surface area contributed by atoms with Crippen LogP contribution in [0.1, 0.15) is 18.1 Å². The van der Waals surface area contributed by atoms with Gasteiger partial charge in [-0.05, 0) is 18.6 Å². The van der Waals surface area contributed by atoms with E-state index < -0.39 is 27.1 Å². The third kappa shape index (κ3) is 5.20. The van der Waals surface area contributed by atoms with Crippen LogP contribution in [0.15, 0.2) is 53.6 Å². The largest absolute Gasteiger partial charge is 0.279 e. The zero-order chi connectivity index (χ0) is 19.1. The molecule has 0 aromatic heterocycles. The highest BCUT2D eigenvalue weighted by molar-refractivity contribution is 5.86. The molecule has 134 valence electrons. The van der Waals surface area contributed by atoms with E-state index >= 15 is 0 Å². The fourth-order valence-corrected chi connectivity index (χ4v) is 2.29. The zero-order valence-corrected chi connectivity index (χ0v) is 13.9. The smallest absolute Gasteiger partial charge is 0.273 e. The van der Waals surface area contributed by atoms with Crippen LogP contribution in [0, 0.1) is 20.2 Å². The molecule has 0 atom stereocenters. The van der Waals surface area contributed by atoms with Crippen molar-refractivity contribution >= 4 is 23.0 Å². The van der Waals surface area contributed by atoms with E-state index in [9.17, 15) is 25.0 Å². The summed E-state index contributed by atoms with van der Waals surface area (Å²) in [6.45, 7) is 1.75. The summed E-state index contributed by atoms with van der Waals surface area (Å²) in [6.07, 6.45) is 0.245. The van der Waals surface area contributed by atoms with E-state index in [0.29, 0.717) is 12.1 Å². The first-order valence-electron chi connectivity index (χ1n) is 7.64. The Bertz CT molecular complexity index is 865. The highest BCUT2D eigenvalue weighted by atomic mass is 16.6. The van der Waals surface area contributed by atoms with Crippen LogP contribution in [-0.4, -0.2) is 21.5 Å². The lowest BCUT2D eigenvalue weighted by atomic mass is 10.1. The average molecular weight is 356 g/mol. The van der Waals surface area contributed by atoms with Gasteiger partial charge in [0.05, 0.1) is 22.3 Å². The summed E-state index contributed by atoms with van der Waals surface area (Å²) in [7, 11) is 0. The minimum Gasteiger partial charge on any atom is -0.273 e. The van der Waals surface area contributed by atoms with Gasteiger partial charge in [0, 0.05) is 23.8 Å². The lowest BCUT2D eigenvalue weighted by Gasteiger charge is -2.04. The summed E-state index contributed by atoms with van der Waals surface area (Å²) in [5, 5.41) is 25.8. The molecule has 0 saturated carbocycles. The maximum Gasteiger partial charge on any atom is 0.279 e. The first-order valence-corrected chi connectivity index (χ1v) is 7.64. The molecule has 2 aromatic rings. The third-order valence-corrected chi connectivity index (χ3v) is 3.50. The van der Waals surface area contributed by atoms with Crippen molar-refractivity contribution in [2.75, 3.05) is 0 Å². The van der Waals surface area contributed by atoms with Gasteiger partial charge in [0.25, 0.3) is 11.4 Å². The second-order valence-electron chi connectivity index (χ2n) is 5.55. The minimum absolute atomic E-state index is 0.0778. The van der Waals surface area contributed by atoms with Crippen molar-refractivity contribution in [2.24, 2.45) is 5.10 Å². The summed E-state index contributed by atoms with van der Waals surface area (Å²) in [5.74, 6) is -0.547. The van der Waals surface area contributed by atoms with Crippen molar-refractivity contribution in [3.05, 3.63) is 79.9 Å². The number of non-ortho nitro benzene ring substituents is 1. The standard InChI is InChI=1S/C17H16N4O5/c1-12(9-13-5-3-2-4-6-13)18-19-17(22)10-14-7-8-15(20(23)24)11-16(14)21(25)26/h2-8,11H,9-10H2,1H3,(H,19,22)/b18-12-. The van der Waals surface area contributed by atoms with Crippen LogP contribution in [0.4, 0.5) is 11.4 Å². The monoisotopic (exact) mass is 356 g/mol. The molecular formula is C17H16N4O5.